The smallest absolute Gasteiger partial charge is 0.852 e. The van der Waals surface area contributed by atoms with Crippen LogP contribution in [0.25, 0.3) is 0 Å². The Hall–Kier alpha value is 0.0569. The van der Waals surface area contributed by atoms with E-state index in [9.17, 15) is 20.4 Å². The van der Waals surface area contributed by atoms with Gasteiger partial charge in [0.05, 0.1) is 0 Å². The quantitative estimate of drug-likeness (QED) is 0.692. The van der Waals surface area contributed by atoms with Gasteiger partial charge in [-0.1, -0.05) is 81.1 Å². The molecule has 0 heterocycles. The number of rotatable bonds is 4. The third-order valence-electron chi connectivity index (χ3n) is 2.30. The van der Waals surface area contributed by atoms with Gasteiger partial charge in [-0.25, -0.2) is 0 Å². The van der Waals surface area contributed by atoms with Crippen molar-refractivity contribution in [3.05, 3.63) is 0 Å². The predicted molar refractivity (Wildman–Crippen MR) is 84.8 cm³/mol. The summed E-state index contributed by atoms with van der Waals surface area (Å²) in [7, 11) is 0. The minimum atomic E-state index is -0.366. The van der Waals surface area contributed by atoms with Gasteiger partial charge in [-0.3, -0.25) is 0 Å². The molecule has 0 fully saturated rings. The van der Waals surface area contributed by atoms with Crippen molar-refractivity contribution in [2.45, 2.75) is 105 Å². The van der Waals surface area contributed by atoms with E-state index in [0.717, 1.165) is 25.7 Å². The van der Waals surface area contributed by atoms with Gasteiger partial charge in [-0.15, -0.1) is 24.4 Å². The fourth-order valence-corrected chi connectivity index (χ4v) is 0. The molecule has 0 rings (SSSR count). The van der Waals surface area contributed by atoms with Crippen molar-refractivity contribution in [1.29, 1.82) is 0 Å². The molecule has 4 atom stereocenters. The molecule has 0 N–H and O–H groups in total. The van der Waals surface area contributed by atoms with E-state index in [1.807, 2.05) is 27.7 Å². The van der Waals surface area contributed by atoms with Gasteiger partial charge in [0.15, 0.2) is 0 Å². The molecule has 4 unspecified atom stereocenters. The molecule has 0 aromatic rings. The fraction of sp³-hybridized carbons (Fsp3) is 1.00. The van der Waals surface area contributed by atoms with Gasteiger partial charge in [-0.2, -0.15) is 0 Å². The third kappa shape index (κ3) is 101. The molecule has 0 aromatic heterocycles. The van der Waals surface area contributed by atoms with E-state index >= 15 is 0 Å². The average molecular weight is 321 g/mol. The van der Waals surface area contributed by atoms with E-state index < -0.39 is 0 Å². The Bertz CT molecular complexity index is 108. The van der Waals surface area contributed by atoms with Gasteiger partial charge in [0.2, 0.25) is 0 Å². The molecule has 5 heteroatoms. The van der Waals surface area contributed by atoms with Crippen LogP contribution in [0.5, 0.6) is 0 Å². The van der Waals surface area contributed by atoms with Crippen molar-refractivity contribution in [1.82, 2.24) is 0 Å². The first-order chi connectivity index (χ1) is 9.08. The van der Waals surface area contributed by atoms with Crippen molar-refractivity contribution < 1.29 is 20.4 Å². The zero-order valence-electron chi connectivity index (χ0n) is 15.3. The summed E-state index contributed by atoms with van der Waals surface area (Å²) in [5.41, 5.74) is 0. The predicted octanol–water partition coefficient (Wildman–Crippen LogP) is 0.200. The van der Waals surface area contributed by atoms with Gasteiger partial charge >= 0.3 is 11.0 Å². The Morgan fingerprint density at radius 3 is 0.524 bits per heavy atom. The van der Waals surface area contributed by atoms with Crippen LogP contribution in [0.1, 0.15) is 81.1 Å². The zero-order valence-corrected chi connectivity index (χ0v) is 16.3. The van der Waals surface area contributed by atoms with E-state index in [4.69, 9.17) is 0 Å². The maximum Gasteiger partial charge on any atom is 4.00 e. The largest absolute Gasteiger partial charge is 4.00 e. The van der Waals surface area contributed by atoms with Crippen LogP contribution < -0.4 is 20.4 Å². The number of hydrogen-bond acceptors (Lipinski definition) is 4. The van der Waals surface area contributed by atoms with Gasteiger partial charge in [0.25, 0.3) is 0 Å². The topological polar surface area (TPSA) is 92.2 Å². The Kier molecular flexibility index (Phi) is 44.2. The summed E-state index contributed by atoms with van der Waals surface area (Å²) in [4.78, 5) is 0. The van der Waals surface area contributed by atoms with Crippen LogP contribution >= 0.6 is 0 Å². The normalized spacial score (nSPS) is 14.3. The minimum absolute atomic E-state index is 0. The maximum absolute atomic E-state index is 9.90. The van der Waals surface area contributed by atoms with E-state index in [1.54, 1.807) is 27.7 Å². The van der Waals surface area contributed by atoms with E-state index in [-0.39, 0.29) is 35.4 Å². The monoisotopic (exact) mass is 320 g/mol. The Balaban J connectivity index is -0.0000000533. The van der Waals surface area contributed by atoms with Crippen molar-refractivity contribution >= 4 is 11.0 Å². The first-order valence-electron chi connectivity index (χ1n) is 7.71. The molecule has 4 nitrogen and oxygen atoms in total. The Morgan fingerprint density at radius 2 is 0.524 bits per heavy atom. The second kappa shape index (κ2) is 28.3. The van der Waals surface area contributed by atoms with Gasteiger partial charge in [0.1, 0.15) is 0 Å². The van der Waals surface area contributed by atoms with Crippen LogP contribution in [0.4, 0.5) is 0 Å². The molecular formula is C16H36O4Si. The van der Waals surface area contributed by atoms with Crippen molar-refractivity contribution in [3.63, 3.8) is 0 Å². The van der Waals surface area contributed by atoms with Gasteiger partial charge < -0.3 is 20.4 Å². The Labute approximate surface area is 137 Å². The molecule has 128 valence electrons. The van der Waals surface area contributed by atoms with Crippen LogP contribution in [-0.2, 0) is 0 Å². The van der Waals surface area contributed by atoms with Crippen molar-refractivity contribution in [2.24, 2.45) is 0 Å². The molecule has 0 saturated carbocycles. The van der Waals surface area contributed by atoms with E-state index in [0.29, 0.717) is 0 Å². The molecular weight excluding hydrogens is 284 g/mol. The molecule has 0 radical (unpaired) electrons. The molecule has 0 aliphatic rings. The Morgan fingerprint density at radius 1 is 0.476 bits per heavy atom. The first-order valence-corrected chi connectivity index (χ1v) is 7.71. The maximum atomic E-state index is 9.90. The van der Waals surface area contributed by atoms with Crippen LogP contribution in [0.3, 0.4) is 0 Å². The van der Waals surface area contributed by atoms with Crippen LogP contribution in [-0.4, -0.2) is 35.4 Å². The van der Waals surface area contributed by atoms with Gasteiger partial charge in [-0.05, 0) is 0 Å². The van der Waals surface area contributed by atoms with Crippen LogP contribution in [0.2, 0.25) is 0 Å². The average Bonchev–Trinajstić information content (AvgIpc) is 2.40. The van der Waals surface area contributed by atoms with Gasteiger partial charge in [0, 0.05) is 0 Å². The van der Waals surface area contributed by atoms with Crippen LogP contribution in [0, 0.1) is 0 Å². The second-order valence-electron chi connectivity index (χ2n) is 4.88. The molecule has 0 amide bonds. The SMILES string of the molecule is CCC(C)[O-].CCC(C)[O-].CCC(C)[O-].CCC(C)[O-].[Si+4]. The van der Waals surface area contributed by atoms with Crippen molar-refractivity contribution in [3.8, 4) is 0 Å². The molecule has 0 saturated heterocycles. The summed E-state index contributed by atoms with van der Waals surface area (Å²) < 4.78 is 0. The molecule has 0 aliphatic heterocycles. The fourth-order valence-electron chi connectivity index (χ4n) is 0. The minimum Gasteiger partial charge on any atom is -0.852 e. The van der Waals surface area contributed by atoms with Crippen molar-refractivity contribution in [2.75, 3.05) is 0 Å². The zero-order chi connectivity index (χ0) is 17.1. The third-order valence-corrected chi connectivity index (χ3v) is 2.30. The summed E-state index contributed by atoms with van der Waals surface area (Å²) in [6.07, 6.45) is 1.54. The van der Waals surface area contributed by atoms with E-state index in [1.165, 1.54) is 0 Å². The first kappa shape index (κ1) is 32.9. The van der Waals surface area contributed by atoms with E-state index in [2.05, 4.69) is 0 Å². The molecule has 0 aromatic carbocycles. The summed E-state index contributed by atoms with van der Waals surface area (Å²) in [6, 6.07) is 0. The summed E-state index contributed by atoms with van der Waals surface area (Å²) in [6.45, 7) is 14.2. The summed E-state index contributed by atoms with van der Waals surface area (Å²) >= 11 is 0. The molecule has 0 bridgehead atoms. The standard InChI is InChI=1S/4C4H9O.Si/c4*1-3-4(2)5;/h4*4H,3H2,1-2H3;/q4*-1;+4. The second-order valence-corrected chi connectivity index (χ2v) is 4.88. The molecule has 0 spiro atoms. The van der Waals surface area contributed by atoms with Crippen LogP contribution in [0.15, 0.2) is 0 Å². The summed E-state index contributed by atoms with van der Waals surface area (Å²) in [5.74, 6) is 0. The molecule has 0 aliphatic carbocycles. The number of hydrogen-bond donors (Lipinski definition) is 0. The summed E-state index contributed by atoms with van der Waals surface area (Å²) in [5, 5.41) is 39.6. The molecule has 21 heavy (non-hydrogen) atoms.